The van der Waals surface area contributed by atoms with E-state index in [1.165, 1.54) is 17.5 Å². The largest absolute Gasteiger partial charge is 0.481 e. The highest BCUT2D eigenvalue weighted by atomic mass is 32.1. The molecule has 0 bridgehead atoms. The van der Waals surface area contributed by atoms with Gasteiger partial charge in [0.1, 0.15) is 11.3 Å². The normalized spacial score (nSPS) is 25.0. The van der Waals surface area contributed by atoms with Gasteiger partial charge in [-0.15, -0.1) is 10.2 Å². The van der Waals surface area contributed by atoms with Crippen LogP contribution in [0.3, 0.4) is 0 Å². The van der Waals surface area contributed by atoms with Gasteiger partial charge in [-0.2, -0.15) is 0 Å². The predicted octanol–water partition coefficient (Wildman–Crippen LogP) is 1.88. The summed E-state index contributed by atoms with van der Waals surface area (Å²) in [7, 11) is 0. The number of nitrogens with zero attached hydrogens (tertiary/aromatic N) is 4. The number of amides is 1. The summed E-state index contributed by atoms with van der Waals surface area (Å²) in [6.07, 6.45) is 4.16. The minimum Gasteiger partial charge on any atom is -0.481 e. The number of pyridine rings is 1. The molecule has 8 nitrogen and oxygen atoms in total. The summed E-state index contributed by atoms with van der Waals surface area (Å²) in [5, 5.41) is 20.2. The van der Waals surface area contributed by atoms with Crippen LogP contribution in [0.1, 0.15) is 29.6 Å². The number of hydrogen-bond acceptors (Lipinski definition) is 7. The van der Waals surface area contributed by atoms with Crippen LogP contribution in [-0.4, -0.2) is 45.3 Å². The van der Waals surface area contributed by atoms with E-state index in [4.69, 9.17) is 0 Å². The Bertz CT molecular complexity index is 795. The average molecular weight is 359 g/mol. The topological polar surface area (TPSA) is 108 Å². The SMILES string of the molecule is O=C(Nc1nncs1)c1ccc(N2C[C@@H]3CCC[C@@]3(C(=O)O)C2)nc1. The molecule has 4 rings (SSSR count). The molecule has 2 N–H and O–H groups in total. The van der Waals surface area contributed by atoms with Gasteiger partial charge in [0.2, 0.25) is 5.13 Å². The van der Waals surface area contributed by atoms with Gasteiger partial charge in [0.25, 0.3) is 5.91 Å². The predicted molar refractivity (Wildman–Crippen MR) is 91.7 cm³/mol. The lowest BCUT2D eigenvalue weighted by molar-refractivity contribution is -0.149. The average Bonchev–Trinajstić information content (AvgIpc) is 3.30. The maximum atomic E-state index is 12.1. The smallest absolute Gasteiger partial charge is 0.311 e. The van der Waals surface area contributed by atoms with Crippen molar-refractivity contribution < 1.29 is 14.7 Å². The third-order valence-corrected chi connectivity index (χ3v) is 5.82. The van der Waals surface area contributed by atoms with E-state index in [0.29, 0.717) is 29.6 Å². The van der Waals surface area contributed by atoms with Crippen molar-refractivity contribution in [1.82, 2.24) is 15.2 Å². The molecule has 25 heavy (non-hydrogen) atoms. The maximum absolute atomic E-state index is 12.1. The molecule has 0 radical (unpaired) electrons. The summed E-state index contributed by atoms with van der Waals surface area (Å²) >= 11 is 1.24. The van der Waals surface area contributed by atoms with Crippen LogP contribution in [0.2, 0.25) is 0 Å². The molecule has 2 aliphatic rings. The van der Waals surface area contributed by atoms with Crippen molar-refractivity contribution in [3.63, 3.8) is 0 Å². The number of carbonyl (C=O) groups excluding carboxylic acids is 1. The number of rotatable bonds is 4. The molecule has 1 saturated carbocycles. The number of carboxylic acids is 1. The first-order valence-corrected chi connectivity index (χ1v) is 8.98. The van der Waals surface area contributed by atoms with E-state index >= 15 is 0 Å². The number of aromatic nitrogens is 3. The summed E-state index contributed by atoms with van der Waals surface area (Å²) < 4.78 is 0. The fraction of sp³-hybridized carbons (Fsp3) is 0.438. The molecule has 0 aromatic carbocycles. The molecule has 9 heteroatoms. The molecule has 1 aliphatic carbocycles. The van der Waals surface area contributed by atoms with Gasteiger partial charge in [0.05, 0.1) is 11.0 Å². The molecule has 1 amide bonds. The molecule has 2 aromatic heterocycles. The number of hydrogen-bond donors (Lipinski definition) is 2. The Hall–Kier alpha value is -2.55. The molecular weight excluding hydrogens is 342 g/mol. The molecule has 2 fully saturated rings. The molecule has 1 aliphatic heterocycles. The zero-order valence-corrected chi connectivity index (χ0v) is 14.2. The number of carboxylic acid groups (broad SMARTS) is 1. The van der Waals surface area contributed by atoms with Crippen LogP contribution in [-0.2, 0) is 4.79 Å². The lowest BCUT2D eigenvalue weighted by Crippen LogP contribution is -2.35. The van der Waals surface area contributed by atoms with Crippen LogP contribution in [0.4, 0.5) is 10.9 Å². The number of nitrogens with one attached hydrogen (secondary N) is 1. The quantitative estimate of drug-likeness (QED) is 0.858. The fourth-order valence-electron chi connectivity index (χ4n) is 3.92. The second-order valence-corrected chi connectivity index (χ2v) is 7.37. The summed E-state index contributed by atoms with van der Waals surface area (Å²) in [4.78, 5) is 30.3. The Morgan fingerprint density at radius 3 is 2.92 bits per heavy atom. The number of fused-ring (bicyclic) bond motifs is 1. The number of aliphatic carboxylic acids is 1. The van der Waals surface area contributed by atoms with Gasteiger partial charge in [0, 0.05) is 19.3 Å². The van der Waals surface area contributed by atoms with E-state index in [1.54, 1.807) is 17.6 Å². The first kappa shape index (κ1) is 15.9. The van der Waals surface area contributed by atoms with Crippen LogP contribution in [0.5, 0.6) is 0 Å². The number of anilines is 2. The Labute approximate surface area is 147 Å². The highest BCUT2D eigenvalue weighted by molar-refractivity contribution is 7.13. The van der Waals surface area contributed by atoms with Crippen LogP contribution in [0.25, 0.3) is 0 Å². The van der Waals surface area contributed by atoms with E-state index in [-0.39, 0.29) is 11.8 Å². The third-order valence-electron chi connectivity index (χ3n) is 5.21. The fourth-order valence-corrected chi connectivity index (χ4v) is 4.36. The summed E-state index contributed by atoms with van der Waals surface area (Å²) in [5.74, 6) is -0.115. The van der Waals surface area contributed by atoms with E-state index in [1.807, 2.05) is 4.90 Å². The molecule has 0 unspecified atom stereocenters. The van der Waals surface area contributed by atoms with Crippen molar-refractivity contribution in [2.75, 3.05) is 23.3 Å². The molecule has 2 aromatic rings. The lowest BCUT2D eigenvalue weighted by atomic mass is 9.81. The summed E-state index contributed by atoms with van der Waals surface area (Å²) in [6.45, 7) is 1.19. The van der Waals surface area contributed by atoms with E-state index in [2.05, 4.69) is 20.5 Å². The zero-order chi connectivity index (χ0) is 17.4. The second-order valence-electron chi connectivity index (χ2n) is 6.53. The van der Waals surface area contributed by atoms with Crippen molar-refractivity contribution in [2.45, 2.75) is 19.3 Å². The Balaban J connectivity index is 1.48. The maximum Gasteiger partial charge on any atom is 0.311 e. The summed E-state index contributed by atoms with van der Waals surface area (Å²) in [6, 6.07) is 3.46. The Morgan fingerprint density at radius 1 is 1.40 bits per heavy atom. The summed E-state index contributed by atoms with van der Waals surface area (Å²) in [5.41, 5.74) is 1.32. The molecule has 0 spiro atoms. The van der Waals surface area contributed by atoms with Gasteiger partial charge in [-0.05, 0) is 30.9 Å². The zero-order valence-electron chi connectivity index (χ0n) is 13.4. The minimum absolute atomic E-state index is 0.173. The van der Waals surface area contributed by atoms with Gasteiger partial charge in [0.15, 0.2) is 0 Å². The molecular formula is C16H17N5O3S. The van der Waals surface area contributed by atoms with Gasteiger partial charge >= 0.3 is 5.97 Å². The first-order chi connectivity index (χ1) is 12.1. The van der Waals surface area contributed by atoms with Crippen molar-refractivity contribution in [3.8, 4) is 0 Å². The highest BCUT2D eigenvalue weighted by Crippen LogP contribution is 2.49. The van der Waals surface area contributed by atoms with E-state index < -0.39 is 11.4 Å². The highest BCUT2D eigenvalue weighted by Gasteiger charge is 2.55. The van der Waals surface area contributed by atoms with Gasteiger partial charge < -0.3 is 10.0 Å². The van der Waals surface area contributed by atoms with Crippen LogP contribution in [0, 0.1) is 11.3 Å². The van der Waals surface area contributed by atoms with Gasteiger partial charge in [-0.3, -0.25) is 14.9 Å². The van der Waals surface area contributed by atoms with E-state index in [0.717, 1.165) is 19.3 Å². The number of carbonyl (C=O) groups is 2. The van der Waals surface area contributed by atoms with Crippen molar-refractivity contribution >= 4 is 34.2 Å². The van der Waals surface area contributed by atoms with Crippen molar-refractivity contribution in [2.24, 2.45) is 11.3 Å². The van der Waals surface area contributed by atoms with Crippen LogP contribution >= 0.6 is 11.3 Å². The van der Waals surface area contributed by atoms with Gasteiger partial charge in [-0.25, -0.2) is 4.98 Å². The molecule has 2 atom stereocenters. The van der Waals surface area contributed by atoms with Crippen molar-refractivity contribution in [3.05, 3.63) is 29.4 Å². The van der Waals surface area contributed by atoms with E-state index in [9.17, 15) is 14.7 Å². The lowest BCUT2D eigenvalue weighted by Gasteiger charge is -2.23. The van der Waals surface area contributed by atoms with Crippen LogP contribution in [0.15, 0.2) is 23.8 Å². The molecule has 130 valence electrons. The Kier molecular flexibility index (Phi) is 3.87. The third kappa shape index (κ3) is 2.74. The molecule has 3 heterocycles. The minimum atomic E-state index is -0.703. The monoisotopic (exact) mass is 359 g/mol. The Morgan fingerprint density at radius 2 is 2.28 bits per heavy atom. The first-order valence-electron chi connectivity index (χ1n) is 8.10. The standard InChI is InChI=1S/C16H17N5O3S/c22-13(19-15-20-18-9-25-15)10-3-4-12(17-6-10)21-7-11-2-1-5-16(11,8-21)14(23)24/h3-4,6,9,11H,1-2,5,7-8H2,(H,23,24)(H,19,20,22)/t11-,16+/m0/s1. The van der Waals surface area contributed by atoms with Crippen LogP contribution < -0.4 is 10.2 Å². The van der Waals surface area contributed by atoms with Gasteiger partial charge in [-0.1, -0.05) is 17.8 Å². The second kappa shape index (κ2) is 6.07. The molecule has 1 saturated heterocycles. The van der Waals surface area contributed by atoms with Crippen molar-refractivity contribution in [1.29, 1.82) is 0 Å².